The van der Waals surface area contributed by atoms with Gasteiger partial charge < -0.3 is 15.4 Å². The topological polar surface area (TPSA) is 38.5 Å². The number of hydrogen-bond donors (Lipinski definition) is 1. The lowest BCUT2D eigenvalue weighted by molar-refractivity contribution is 0.409. The van der Waals surface area contributed by atoms with Gasteiger partial charge in [0.15, 0.2) is 0 Å². The van der Waals surface area contributed by atoms with Gasteiger partial charge in [-0.1, -0.05) is 6.07 Å². The van der Waals surface area contributed by atoms with Crippen molar-refractivity contribution in [1.29, 1.82) is 0 Å². The van der Waals surface area contributed by atoms with Gasteiger partial charge in [0.05, 0.1) is 7.11 Å². The van der Waals surface area contributed by atoms with Crippen LogP contribution >= 0.6 is 0 Å². The average molecular weight is 234 g/mol. The van der Waals surface area contributed by atoms with Gasteiger partial charge in [0, 0.05) is 29.4 Å². The van der Waals surface area contributed by atoms with E-state index < -0.39 is 0 Å². The molecule has 0 aliphatic carbocycles. The van der Waals surface area contributed by atoms with Crippen LogP contribution in [0.4, 0.5) is 5.69 Å². The number of ether oxygens (including phenoxy) is 1. The van der Waals surface area contributed by atoms with Gasteiger partial charge in [-0.2, -0.15) is 0 Å². The fourth-order valence-electron chi connectivity index (χ4n) is 2.78. The molecule has 2 unspecified atom stereocenters. The van der Waals surface area contributed by atoms with Gasteiger partial charge >= 0.3 is 0 Å². The number of rotatable bonds is 3. The molecule has 0 aromatic heterocycles. The molecule has 0 spiro atoms. The first kappa shape index (κ1) is 12.2. The predicted molar refractivity (Wildman–Crippen MR) is 71.8 cm³/mol. The molecule has 0 bridgehead atoms. The lowest BCUT2D eigenvalue weighted by Crippen LogP contribution is -2.47. The monoisotopic (exact) mass is 234 g/mol. The SMILES string of the molecule is COc1cccc2c1CC(C(C)N)N2C(C)C. The number of anilines is 1. The van der Waals surface area contributed by atoms with Crippen molar-refractivity contribution in [2.75, 3.05) is 12.0 Å². The molecule has 1 heterocycles. The molecule has 94 valence electrons. The summed E-state index contributed by atoms with van der Waals surface area (Å²) >= 11 is 0. The maximum Gasteiger partial charge on any atom is 0.124 e. The Morgan fingerprint density at radius 3 is 2.59 bits per heavy atom. The summed E-state index contributed by atoms with van der Waals surface area (Å²) in [7, 11) is 1.73. The highest BCUT2D eigenvalue weighted by Gasteiger charge is 2.34. The standard InChI is InChI=1S/C14H22N2O/c1-9(2)16-12-6-5-7-14(17-4)11(12)8-13(16)10(3)15/h5-7,9-10,13H,8,15H2,1-4H3. The molecule has 2 rings (SSSR count). The highest BCUT2D eigenvalue weighted by molar-refractivity contribution is 5.65. The van der Waals surface area contributed by atoms with Gasteiger partial charge in [-0.25, -0.2) is 0 Å². The molecule has 3 nitrogen and oxygen atoms in total. The van der Waals surface area contributed by atoms with E-state index in [1.165, 1.54) is 11.3 Å². The Hall–Kier alpha value is -1.22. The lowest BCUT2D eigenvalue weighted by atomic mass is 10.0. The smallest absolute Gasteiger partial charge is 0.124 e. The Morgan fingerprint density at radius 1 is 1.35 bits per heavy atom. The van der Waals surface area contributed by atoms with Crippen LogP contribution < -0.4 is 15.4 Å². The Balaban J connectivity index is 2.45. The maximum atomic E-state index is 6.11. The molecule has 1 aromatic rings. The molecule has 2 N–H and O–H groups in total. The van der Waals surface area contributed by atoms with Crippen LogP contribution in [0.3, 0.4) is 0 Å². The van der Waals surface area contributed by atoms with E-state index in [1.807, 2.05) is 6.07 Å². The maximum absolute atomic E-state index is 6.11. The Bertz CT molecular complexity index is 401. The number of hydrogen-bond acceptors (Lipinski definition) is 3. The highest BCUT2D eigenvalue weighted by atomic mass is 16.5. The second-order valence-electron chi connectivity index (χ2n) is 5.09. The van der Waals surface area contributed by atoms with E-state index in [4.69, 9.17) is 10.5 Å². The van der Waals surface area contributed by atoms with Crippen molar-refractivity contribution in [1.82, 2.24) is 0 Å². The lowest BCUT2D eigenvalue weighted by Gasteiger charge is -2.33. The zero-order chi connectivity index (χ0) is 12.6. The van der Waals surface area contributed by atoms with E-state index in [0.29, 0.717) is 12.1 Å². The molecule has 1 aliphatic rings. The largest absolute Gasteiger partial charge is 0.496 e. The van der Waals surface area contributed by atoms with Crippen LogP contribution in [0.2, 0.25) is 0 Å². The van der Waals surface area contributed by atoms with Gasteiger partial charge in [0.2, 0.25) is 0 Å². The summed E-state index contributed by atoms with van der Waals surface area (Å²) in [4.78, 5) is 2.42. The van der Waals surface area contributed by atoms with Gasteiger partial charge in [0.25, 0.3) is 0 Å². The molecular formula is C14H22N2O. The normalized spacial score (nSPS) is 20.6. The summed E-state index contributed by atoms with van der Waals surface area (Å²) in [5.41, 5.74) is 8.69. The molecule has 17 heavy (non-hydrogen) atoms. The van der Waals surface area contributed by atoms with Crippen LogP contribution in [0.1, 0.15) is 26.3 Å². The number of nitrogens with zero attached hydrogens (tertiary/aromatic N) is 1. The molecule has 3 heteroatoms. The summed E-state index contributed by atoms with van der Waals surface area (Å²) in [6, 6.07) is 7.24. The summed E-state index contributed by atoms with van der Waals surface area (Å²) in [6.45, 7) is 6.51. The van der Waals surface area contributed by atoms with Crippen molar-refractivity contribution >= 4 is 5.69 Å². The molecular weight excluding hydrogens is 212 g/mol. The summed E-state index contributed by atoms with van der Waals surface area (Å²) in [5, 5.41) is 0. The number of nitrogens with two attached hydrogens (primary N) is 1. The van der Waals surface area contributed by atoms with Crippen molar-refractivity contribution in [2.24, 2.45) is 5.73 Å². The van der Waals surface area contributed by atoms with Gasteiger partial charge in [-0.15, -0.1) is 0 Å². The predicted octanol–water partition coefficient (Wildman–Crippen LogP) is 2.18. The van der Waals surface area contributed by atoms with Crippen LogP contribution in [0, 0.1) is 0 Å². The molecule has 0 radical (unpaired) electrons. The molecule has 0 saturated heterocycles. The fourth-order valence-corrected chi connectivity index (χ4v) is 2.78. The second kappa shape index (κ2) is 4.57. The highest BCUT2D eigenvalue weighted by Crippen LogP contribution is 2.39. The summed E-state index contributed by atoms with van der Waals surface area (Å²) in [6.07, 6.45) is 0.981. The number of methoxy groups -OCH3 is 1. The Kier molecular flexibility index (Phi) is 3.29. The van der Waals surface area contributed by atoms with E-state index in [2.05, 4.69) is 37.8 Å². The van der Waals surface area contributed by atoms with E-state index in [9.17, 15) is 0 Å². The van der Waals surface area contributed by atoms with Crippen molar-refractivity contribution in [2.45, 2.75) is 45.3 Å². The molecule has 0 saturated carbocycles. The zero-order valence-electron chi connectivity index (χ0n) is 11.1. The van der Waals surface area contributed by atoms with Crippen molar-refractivity contribution in [3.63, 3.8) is 0 Å². The second-order valence-corrected chi connectivity index (χ2v) is 5.09. The van der Waals surface area contributed by atoms with Crippen LogP contribution in [0.5, 0.6) is 5.75 Å². The first-order valence-electron chi connectivity index (χ1n) is 6.26. The third-order valence-electron chi connectivity index (χ3n) is 3.54. The first-order valence-corrected chi connectivity index (χ1v) is 6.26. The summed E-state index contributed by atoms with van der Waals surface area (Å²) in [5.74, 6) is 0.983. The van der Waals surface area contributed by atoms with Crippen molar-refractivity contribution < 1.29 is 4.74 Å². The van der Waals surface area contributed by atoms with E-state index in [1.54, 1.807) is 7.11 Å². The average Bonchev–Trinajstić information content (AvgIpc) is 2.67. The van der Waals surface area contributed by atoms with Crippen LogP contribution in [-0.2, 0) is 6.42 Å². The van der Waals surface area contributed by atoms with Crippen molar-refractivity contribution in [3.05, 3.63) is 23.8 Å². The number of benzene rings is 1. The van der Waals surface area contributed by atoms with E-state index >= 15 is 0 Å². The molecule has 1 aromatic carbocycles. The first-order chi connectivity index (χ1) is 8.06. The van der Waals surface area contributed by atoms with E-state index in [0.717, 1.165) is 12.2 Å². The number of fused-ring (bicyclic) bond motifs is 1. The van der Waals surface area contributed by atoms with Crippen LogP contribution in [0.15, 0.2) is 18.2 Å². The quantitative estimate of drug-likeness (QED) is 0.871. The van der Waals surface area contributed by atoms with Gasteiger partial charge in [-0.3, -0.25) is 0 Å². The third-order valence-corrected chi connectivity index (χ3v) is 3.54. The Morgan fingerprint density at radius 2 is 2.06 bits per heavy atom. The minimum absolute atomic E-state index is 0.162. The molecule has 0 amide bonds. The fraction of sp³-hybridized carbons (Fsp3) is 0.571. The molecule has 2 atom stereocenters. The van der Waals surface area contributed by atoms with Crippen LogP contribution in [-0.4, -0.2) is 25.2 Å². The third kappa shape index (κ3) is 2.00. The van der Waals surface area contributed by atoms with Gasteiger partial charge in [0.1, 0.15) is 5.75 Å². The summed E-state index contributed by atoms with van der Waals surface area (Å²) < 4.78 is 5.45. The van der Waals surface area contributed by atoms with Crippen molar-refractivity contribution in [3.8, 4) is 5.75 Å². The Labute approximate surface area is 104 Å². The minimum Gasteiger partial charge on any atom is -0.496 e. The van der Waals surface area contributed by atoms with Crippen LogP contribution in [0.25, 0.3) is 0 Å². The minimum atomic E-state index is 0.162. The molecule has 0 fully saturated rings. The van der Waals surface area contributed by atoms with Gasteiger partial charge in [-0.05, 0) is 39.3 Å². The zero-order valence-corrected chi connectivity index (χ0v) is 11.1. The van der Waals surface area contributed by atoms with E-state index in [-0.39, 0.29) is 6.04 Å². The molecule has 1 aliphatic heterocycles.